The number of Topliss-reactive ketones (excluding diaryl/α,β-unsaturated/α-hetero) is 1. The average molecular weight is 204 g/mol. The molecule has 2 atom stereocenters. The first kappa shape index (κ1) is 10.3. The van der Waals surface area contributed by atoms with E-state index >= 15 is 0 Å². The fourth-order valence-electron chi connectivity index (χ4n) is 2.06. The van der Waals surface area contributed by atoms with Gasteiger partial charge >= 0.3 is 0 Å². The maximum absolute atomic E-state index is 12.1. The van der Waals surface area contributed by atoms with E-state index in [1.54, 1.807) is 12.4 Å². The van der Waals surface area contributed by atoms with Crippen LogP contribution in [0, 0.1) is 18.8 Å². The number of nitrogens with zero attached hydrogens (tertiary/aromatic N) is 1. The van der Waals surface area contributed by atoms with Crippen molar-refractivity contribution in [1.82, 2.24) is 10.3 Å². The van der Waals surface area contributed by atoms with Crippen LogP contribution in [0.3, 0.4) is 0 Å². The SMILES string of the molecule is Cc1cncc(C(=O)C2CNCC2C)c1. The fraction of sp³-hybridized carbons (Fsp3) is 0.500. The molecule has 1 saturated heterocycles. The van der Waals surface area contributed by atoms with Gasteiger partial charge in [0, 0.05) is 30.4 Å². The molecule has 3 nitrogen and oxygen atoms in total. The molecule has 2 heterocycles. The second-order valence-electron chi connectivity index (χ2n) is 4.36. The van der Waals surface area contributed by atoms with Gasteiger partial charge in [0.25, 0.3) is 0 Å². The number of aromatic nitrogens is 1. The molecule has 0 aliphatic carbocycles. The molecular formula is C12H16N2O. The summed E-state index contributed by atoms with van der Waals surface area (Å²) in [5.74, 6) is 0.773. The third-order valence-corrected chi connectivity index (χ3v) is 3.01. The first-order valence-corrected chi connectivity index (χ1v) is 5.35. The van der Waals surface area contributed by atoms with Crippen molar-refractivity contribution in [2.75, 3.05) is 13.1 Å². The van der Waals surface area contributed by atoms with Gasteiger partial charge in [-0.2, -0.15) is 0 Å². The molecule has 80 valence electrons. The van der Waals surface area contributed by atoms with Crippen LogP contribution in [-0.2, 0) is 0 Å². The van der Waals surface area contributed by atoms with E-state index in [0.717, 1.165) is 24.2 Å². The van der Waals surface area contributed by atoms with Crippen LogP contribution < -0.4 is 5.32 Å². The summed E-state index contributed by atoms with van der Waals surface area (Å²) in [6, 6.07) is 1.92. The van der Waals surface area contributed by atoms with Crippen LogP contribution in [0.4, 0.5) is 0 Å². The summed E-state index contributed by atoms with van der Waals surface area (Å²) in [4.78, 5) is 16.2. The summed E-state index contributed by atoms with van der Waals surface area (Å²) in [5, 5.41) is 3.25. The van der Waals surface area contributed by atoms with Crippen molar-refractivity contribution < 1.29 is 4.79 Å². The molecule has 2 unspecified atom stereocenters. The van der Waals surface area contributed by atoms with Crippen LogP contribution in [0.25, 0.3) is 0 Å². The monoisotopic (exact) mass is 204 g/mol. The van der Waals surface area contributed by atoms with E-state index in [2.05, 4.69) is 17.2 Å². The molecule has 3 heteroatoms. The van der Waals surface area contributed by atoms with Crippen LogP contribution in [0.2, 0.25) is 0 Å². The van der Waals surface area contributed by atoms with Gasteiger partial charge in [0.1, 0.15) is 0 Å². The zero-order valence-electron chi connectivity index (χ0n) is 9.16. The fourth-order valence-corrected chi connectivity index (χ4v) is 2.06. The Morgan fingerprint density at radius 3 is 2.87 bits per heavy atom. The highest BCUT2D eigenvalue weighted by Crippen LogP contribution is 2.20. The molecular weight excluding hydrogens is 188 g/mol. The lowest BCUT2D eigenvalue weighted by molar-refractivity contribution is 0.0907. The maximum atomic E-state index is 12.1. The zero-order valence-corrected chi connectivity index (χ0v) is 9.16. The maximum Gasteiger partial charge on any atom is 0.169 e. The number of hydrogen-bond donors (Lipinski definition) is 1. The molecule has 1 aliphatic heterocycles. The number of carbonyl (C=O) groups is 1. The molecule has 15 heavy (non-hydrogen) atoms. The molecule has 0 bridgehead atoms. The molecule has 1 aliphatic rings. The van der Waals surface area contributed by atoms with Crippen molar-refractivity contribution >= 4 is 5.78 Å². The normalized spacial score (nSPS) is 25.5. The minimum Gasteiger partial charge on any atom is -0.316 e. The third kappa shape index (κ3) is 2.07. The smallest absolute Gasteiger partial charge is 0.169 e. The Labute approximate surface area is 89.9 Å². The predicted molar refractivity (Wildman–Crippen MR) is 58.8 cm³/mol. The summed E-state index contributed by atoms with van der Waals surface area (Å²) in [5.41, 5.74) is 1.79. The summed E-state index contributed by atoms with van der Waals surface area (Å²) < 4.78 is 0. The van der Waals surface area contributed by atoms with E-state index in [1.165, 1.54) is 0 Å². The van der Waals surface area contributed by atoms with Crippen molar-refractivity contribution in [2.45, 2.75) is 13.8 Å². The Kier molecular flexibility index (Phi) is 2.82. The minimum atomic E-state index is 0.119. The zero-order chi connectivity index (χ0) is 10.8. The number of carbonyl (C=O) groups excluding carboxylic acids is 1. The number of ketones is 1. The van der Waals surface area contributed by atoms with Crippen molar-refractivity contribution in [3.63, 3.8) is 0 Å². The molecule has 1 aromatic rings. The van der Waals surface area contributed by atoms with Gasteiger partial charge in [0.2, 0.25) is 0 Å². The van der Waals surface area contributed by atoms with E-state index in [4.69, 9.17) is 0 Å². The number of aryl methyl sites for hydroxylation is 1. The minimum absolute atomic E-state index is 0.119. The highest BCUT2D eigenvalue weighted by Gasteiger charge is 2.30. The second kappa shape index (κ2) is 4.11. The van der Waals surface area contributed by atoms with Crippen molar-refractivity contribution in [1.29, 1.82) is 0 Å². The Morgan fingerprint density at radius 2 is 2.27 bits per heavy atom. The molecule has 0 saturated carbocycles. The lowest BCUT2D eigenvalue weighted by Gasteiger charge is -2.12. The van der Waals surface area contributed by atoms with Gasteiger partial charge in [0.15, 0.2) is 5.78 Å². The van der Waals surface area contributed by atoms with Gasteiger partial charge in [-0.05, 0) is 31.0 Å². The average Bonchev–Trinajstić information content (AvgIpc) is 2.63. The van der Waals surface area contributed by atoms with Gasteiger partial charge in [-0.15, -0.1) is 0 Å². The highest BCUT2D eigenvalue weighted by atomic mass is 16.1. The Hall–Kier alpha value is -1.22. The molecule has 1 aromatic heterocycles. The quantitative estimate of drug-likeness (QED) is 0.741. The molecule has 0 amide bonds. The van der Waals surface area contributed by atoms with Gasteiger partial charge in [-0.1, -0.05) is 6.92 Å². The predicted octanol–water partition coefficient (Wildman–Crippen LogP) is 1.43. The summed E-state index contributed by atoms with van der Waals surface area (Å²) in [6.07, 6.45) is 3.44. The van der Waals surface area contributed by atoms with Gasteiger partial charge in [0.05, 0.1) is 0 Å². The Morgan fingerprint density at radius 1 is 1.47 bits per heavy atom. The number of pyridine rings is 1. The van der Waals surface area contributed by atoms with Gasteiger partial charge < -0.3 is 5.32 Å². The molecule has 2 rings (SSSR count). The van der Waals surface area contributed by atoms with Crippen molar-refractivity contribution in [3.05, 3.63) is 29.6 Å². The van der Waals surface area contributed by atoms with Crippen LogP contribution in [0.15, 0.2) is 18.5 Å². The van der Waals surface area contributed by atoms with Crippen LogP contribution >= 0.6 is 0 Å². The number of hydrogen-bond acceptors (Lipinski definition) is 3. The first-order valence-electron chi connectivity index (χ1n) is 5.35. The lowest BCUT2D eigenvalue weighted by atomic mass is 9.90. The Bertz CT molecular complexity index is 376. The topological polar surface area (TPSA) is 42.0 Å². The standard InChI is InChI=1S/C12H16N2O/c1-8-3-10(6-13-4-8)12(15)11-7-14-5-9(11)2/h3-4,6,9,11,14H,5,7H2,1-2H3. The van der Waals surface area contributed by atoms with Crippen LogP contribution in [0.5, 0.6) is 0 Å². The van der Waals surface area contributed by atoms with Gasteiger partial charge in [-0.25, -0.2) is 0 Å². The third-order valence-electron chi connectivity index (χ3n) is 3.01. The summed E-state index contributed by atoms with van der Waals surface area (Å²) >= 11 is 0. The number of rotatable bonds is 2. The second-order valence-corrected chi connectivity index (χ2v) is 4.36. The molecule has 0 radical (unpaired) electrons. The van der Waals surface area contributed by atoms with Crippen LogP contribution in [-0.4, -0.2) is 23.9 Å². The van der Waals surface area contributed by atoms with E-state index in [0.29, 0.717) is 5.92 Å². The summed E-state index contributed by atoms with van der Waals surface area (Å²) in [6.45, 7) is 5.81. The van der Waals surface area contributed by atoms with E-state index in [9.17, 15) is 4.79 Å². The molecule has 0 spiro atoms. The molecule has 1 N–H and O–H groups in total. The number of nitrogens with one attached hydrogen (secondary N) is 1. The van der Waals surface area contributed by atoms with E-state index in [1.807, 2.05) is 13.0 Å². The molecule has 1 fully saturated rings. The van der Waals surface area contributed by atoms with Crippen LogP contribution in [0.1, 0.15) is 22.8 Å². The van der Waals surface area contributed by atoms with Crippen molar-refractivity contribution in [3.8, 4) is 0 Å². The van der Waals surface area contributed by atoms with Gasteiger partial charge in [-0.3, -0.25) is 9.78 Å². The van der Waals surface area contributed by atoms with E-state index in [-0.39, 0.29) is 11.7 Å². The summed E-state index contributed by atoms with van der Waals surface area (Å²) in [7, 11) is 0. The largest absolute Gasteiger partial charge is 0.316 e. The Balaban J connectivity index is 2.20. The highest BCUT2D eigenvalue weighted by molar-refractivity contribution is 5.98. The lowest BCUT2D eigenvalue weighted by Crippen LogP contribution is -2.21. The first-order chi connectivity index (χ1) is 7.18. The van der Waals surface area contributed by atoms with E-state index < -0.39 is 0 Å². The molecule has 0 aromatic carbocycles. The van der Waals surface area contributed by atoms with Crippen molar-refractivity contribution in [2.24, 2.45) is 11.8 Å².